The zero-order valence-electron chi connectivity index (χ0n) is 9.09. The first-order chi connectivity index (χ1) is 7.86. The minimum Gasteiger partial charge on any atom is -0.377 e. The molecule has 0 aliphatic carbocycles. The maximum Gasteiger partial charge on any atom is 0.150 e. The summed E-state index contributed by atoms with van der Waals surface area (Å²) in [5, 5.41) is 2.06. The van der Waals surface area contributed by atoms with Gasteiger partial charge < -0.3 is 9.64 Å². The van der Waals surface area contributed by atoms with Crippen LogP contribution in [0.1, 0.15) is 6.92 Å². The molecule has 1 unspecified atom stereocenters. The third-order valence-corrected chi connectivity index (χ3v) is 3.76. The van der Waals surface area contributed by atoms with Crippen LogP contribution in [0, 0.1) is 0 Å². The highest BCUT2D eigenvalue weighted by molar-refractivity contribution is 7.17. The van der Waals surface area contributed by atoms with Crippen molar-refractivity contribution in [3.63, 3.8) is 0 Å². The number of aromatic nitrogens is 2. The Hall–Kier alpha value is -1.20. The van der Waals surface area contributed by atoms with Gasteiger partial charge >= 0.3 is 0 Å². The second kappa shape index (κ2) is 3.99. The Morgan fingerprint density at radius 3 is 3.31 bits per heavy atom. The van der Waals surface area contributed by atoms with Gasteiger partial charge in [-0.3, -0.25) is 0 Å². The third kappa shape index (κ3) is 1.56. The Morgan fingerprint density at radius 2 is 2.44 bits per heavy atom. The Morgan fingerprint density at radius 1 is 1.50 bits per heavy atom. The molecule has 0 bridgehead atoms. The van der Waals surface area contributed by atoms with Crippen molar-refractivity contribution in [1.29, 1.82) is 0 Å². The summed E-state index contributed by atoms with van der Waals surface area (Å²) in [7, 11) is 0. The lowest BCUT2D eigenvalue weighted by molar-refractivity contribution is 0.0987. The fourth-order valence-electron chi connectivity index (χ4n) is 2.02. The monoisotopic (exact) mass is 235 g/mol. The van der Waals surface area contributed by atoms with Crippen molar-refractivity contribution < 1.29 is 4.74 Å². The predicted octanol–water partition coefficient (Wildman–Crippen LogP) is 1.92. The van der Waals surface area contributed by atoms with Crippen LogP contribution in [-0.4, -0.2) is 35.8 Å². The standard InChI is InChI=1S/C11H13N3OS/c1-8-6-15-4-3-14(8)11-10-9(2-5-16-10)12-7-13-11/h2,5,7-8H,3-4,6H2,1H3. The molecule has 0 saturated carbocycles. The molecule has 2 aromatic heterocycles. The lowest BCUT2D eigenvalue weighted by Crippen LogP contribution is -2.44. The summed E-state index contributed by atoms with van der Waals surface area (Å²) in [6.07, 6.45) is 1.65. The number of anilines is 1. The van der Waals surface area contributed by atoms with E-state index in [4.69, 9.17) is 4.74 Å². The van der Waals surface area contributed by atoms with E-state index in [0.29, 0.717) is 6.04 Å². The average molecular weight is 235 g/mol. The van der Waals surface area contributed by atoms with Gasteiger partial charge in [-0.05, 0) is 18.4 Å². The van der Waals surface area contributed by atoms with Gasteiger partial charge in [0, 0.05) is 6.54 Å². The maximum absolute atomic E-state index is 5.45. The van der Waals surface area contributed by atoms with Gasteiger partial charge in [0.2, 0.25) is 0 Å². The molecule has 1 fully saturated rings. The van der Waals surface area contributed by atoms with Crippen LogP contribution in [0.3, 0.4) is 0 Å². The molecule has 0 spiro atoms. The molecule has 3 heterocycles. The van der Waals surface area contributed by atoms with Crippen LogP contribution in [0.5, 0.6) is 0 Å². The molecule has 4 nitrogen and oxygen atoms in total. The third-order valence-electron chi connectivity index (χ3n) is 2.86. The normalized spacial score (nSPS) is 21.6. The zero-order chi connectivity index (χ0) is 11.0. The topological polar surface area (TPSA) is 38.2 Å². The molecule has 1 saturated heterocycles. The second-order valence-corrected chi connectivity index (χ2v) is 4.87. The van der Waals surface area contributed by atoms with Crippen molar-refractivity contribution in [3.8, 4) is 0 Å². The van der Waals surface area contributed by atoms with Crippen molar-refractivity contribution in [2.24, 2.45) is 0 Å². The van der Waals surface area contributed by atoms with Crippen molar-refractivity contribution >= 4 is 27.4 Å². The number of fused-ring (bicyclic) bond motifs is 1. The van der Waals surface area contributed by atoms with E-state index in [1.165, 1.54) is 4.70 Å². The molecule has 1 aliphatic heterocycles. The van der Waals surface area contributed by atoms with Crippen molar-refractivity contribution in [2.75, 3.05) is 24.7 Å². The molecule has 0 aromatic carbocycles. The summed E-state index contributed by atoms with van der Waals surface area (Å²) in [6.45, 7) is 4.63. The fourth-order valence-corrected chi connectivity index (χ4v) is 2.87. The number of thiophene rings is 1. The maximum atomic E-state index is 5.45. The fraction of sp³-hybridized carbons (Fsp3) is 0.455. The van der Waals surface area contributed by atoms with Crippen LogP contribution >= 0.6 is 11.3 Å². The quantitative estimate of drug-likeness (QED) is 0.757. The highest BCUT2D eigenvalue weighted by atomic mass is 32.1. The molecular weight excluding hydrogens is 222 g/mol. The van der Waals surface area contributed by atoms with E-state index in [-0.39, 0.29) is 0 Å². The molecule has 2 aromatic rings. The van der Waals surface area contributed by atoms with Gasteiger partial charge in [0.15, 0.2) is 0 Å². The highest BCUT2D eigenvalue weighted by Gasteiger charge is 2.22. The van der Waals surface area contributed by atoms with Gasteiger partial charge in [0.05, 0.1) is 29.5 Å². The number of hydrogen-bond donors (Lipinski definition) is 0. The molecule has 84 valence electrons. The van der Waals surface area contributed by atoms with E-state index in [0.717, 1.165) is 31.1 Å². The van der Waals surface area contributed by atoms with Gasteiger partial charge in [0.1, 0.15) is 12.1 Å². The molecule has 0 N–H and O–H groups in total. The molecule has 3 rings (SSSR count). The van der Waals surface area contributed by atoms with E-state index in [9.17, 15) is 0 Å². The van der Waals surface area contributed by atoms with E-state index < -0.39 is 0 Å². The Kier molecular flexibility index (Phi) is 2.49. The van der Waals surface area contributed by atoms with E-state index in [1.807, 2.05) is 6.07 Å². The van der Waals surface area contributed by atoms with Gasteiger partial charge in [-0.25, -0.2) is 9.97 Å². The van der Waals surface area contributed by atoms with Crippen LogP contribution in [-0.2, 0) is 4.74 Å². The van der Waals surface area contributed by atoms with Gasteiger partial charge in [-0.1, -0.05) is 0 Å². The summed E-state index contributed by atoms with van der Waals surface area (Å²) >= 11 is 1.70. The predicted molar refractivity (Wildman–Crippen MR) is 65.0 cm³/mol. The van der Waals surface area contributed by atoms with Crippen LogP contribution in [0.2, 0.25) is 0 Å². The number of rotatable bonds is 1. The van der Waals surface area contributed by atoms with Crippen LogP contribution in [0.4, 0.5) is 5.82 Å². The van der Waals surface area contributed by atoms with Gasteiger partial charge in [0.25, 0.3) is 0 Å². The SMILES string of the molecule is CC1COCCN1c1ncnc2ccsc12. The lowest BCUT2D eigenvalue weighted by Gasteiger charge is -2.34. The van der Waals surface area contributed by atoms with Crippen LogP contribution in [0.15, 0.2) is 17.8 Å². The highest BCUT2D eigenvalue weighted by Crippen LogP contribution is 2.29. The summed E-state index contributed by atoms with van der Waals surface area (Å²) in [5.74, 6) is 1.05. The summed E-state index contributed by atoms with van der Waals surface area (Å²) < 4.78 is 6.62. The lowest BCUT2D eigenvalue weighted by atomic mass is 10.2. The van der Waals surface area contributed by atoms with Crippen molar-refractivity contribution in [2.45, 2.75) is 13.0 Å². The zero-order valence-corrected chi connectivity index (χ0v) is 9.91. The van der Waals surface area contributed by atoms with Crippen molar-refractivity contribution in [1.82, 2.24) is 9.97 Å². The first kappa shape index (κ1) is 9.99. The van der Waals surface area contributed by atoms with Gasteiger partial charge in [-0.15, -0.1) is 11.3 Å². The van der Waals surface area contributed by atoms with Crippen molar-refractivity contribution in [3.05, 3.63) is 17.8 Å². The Bertz CT molecular complexity index is 499. The molecule has 0 radical (unpaired) electrons. The second-order valence-electron chi connectivity index (χ2n) is 3.95. The number of nitrogens with zero attached hydrogens (tertiary/aromatic N) is 3. The Labute approximate surface area is 97.9 Å². The van der Waals surface area contributed by atoms with Crippen LogP contribution < -0.4 is 4.90 Å². The largest absolute Gasteiger partial charge is 0.377 e. The minimum absolute atomic E-state index is 0.383. The molecule has 0 amide bonds. The van der Waals surface area contributed by atoms with E-state index in [1.54, 1.807) is 17.7 Å². The first-order valence-electron chi connectivity index (χ1n) is 5.39. The Balaban J connectivity index is 2.07. The molecule has 5 heteroatoms. The van der Waals surface area contributed by atoms with Gasteiger partial charge in [-0.2, -0.15) is 0 Å². The molecule has 16 heavy (non-hydrogen) atoms. The van der Waals surface area contributed by atoms with E-state index >= 15 is 0 Å². The average Bonchev–Trinajstić information content (AvgIpc) is 2.77. The summed E-state index contributed by atoms with van der Waals surface area (Å²) in [4.78, 5) is 11.0. The smallest absolute Gasteiger partial charge is 0.150 e. The molecular formula is C11H13N3OS. The minimum atomic E-state index is 0.383. The number of hydrogen-bond acceptors (Lipinski definition) is 5. The first-order valence-corrected chi connectivity index (χ1v) is 6.27. The van der Waals surface area contributed by atoms with E-state index in [2.05, 4.69) is 27.2 Å². The number of ether oxygens (including phenoxy) is 1. The van der Waals surface area contributed by atoms with Crippen LogP contribution in [0.25, 0.3) is 10.2 Å². The molecule has 1 aliphatic rings. The summed E-state index contributed by atoms with van der Waals surface area (Å²) in [6, 6.07) is 2.42. The molecule has 1 atom stereocenters. The number of morpholine rings is 1. The summed E-state index contributed by atoms with van der Waals surface area (Å²) in [5.41, 5.74) is 1.04.